The fourth-order valence-electron chi connectivity index (χ4n) is 3.68. The molecule has 18 heteroatoms. The number of aliphatic carboxylic acids is 3. The molecule has 0 aliphatic heterocycles. The number of nitro benzene ring substituents is 1. The minimum Gasteiger partial charge on any atom is -0.481 e. The summed E-state index contributed by atoms with van der Waals surface area (Å²) in [6.45, 7) is 1.50. The molecule has 46 heavy (non-hydrogen) atoms. The number of aryl methyl sites for hydroxylation is 1. The number of benzene rings is 3. The lowest BCUT2D eigenvalue weighted by Crippen LogP contribution is -2.12. The third-order valence-electron chi connectivity index (χ3n) is 5.38. The molecule has 3 aromatic carbocycles. The molecular weight excluding hydrogens is 649 g/mol. The summed E-state index contributed by atoms with van der Waals surface area (Å²) in [5, 5.41) is 35.9. The third kappa shape index (κ3) is 13.2. The number of halogens is 9. The number of carboxylic acid groups (broad SMARTS) is 3. The van der Waals surface area contributed by atoms with Gasteiger partial charge in [0.15, 0.2) is 0 Å². The molecule has 0 bridgehead atoms. The molecule has 0 aliphatic carbocycles. The number of carboxylic acids is 3. The van der Waals surface area contributed by atoms with Crippen molar-refractivity contribution < 1.29 is 74.1 Å². The van der Waals surface area contributed by atoms with Crippen molar-refractivity contribution in [3.8, 4) is 0 Å². The van der Waals surface area contributed by atoms with Crippen LogP contribution in [0.5, 0.6) is 0 Å². The fourth-order valence-corrected chi connectivity index (χ4v) is 3.68. The highest BCUT2D eigenvalue weighted by molar-refractivity contribution is 5.73. The maximum absolute atomic E-state index is 12.5. The number of alkyl halides is 9. The van der Waals surface area contributed by atoms with E-state index in [2.05, 4.69) is 0 Å². The van der Waals surface area contributed by atoms with Crippen molar-refractivity contribution in [3.63, 3.8) is 0 Å². The second-order valence-corrected chi connectivity index (χ2v) is 9.18. The Morgan fingerprint density at radius 3 is 1.59 bits per heavy atom. The van der Waals surface area contributed by atoms with Crippen LogP contribution < -0.4 is 0 Å². The van der Waals surface area contributed by atoms with E-state index in [0.29, 0.717) is 11.6 Å². The van der Waals surface area contributed by atoms with E-state index in [9.17, 15) is 64.0 Å². The van der Waals surface area contributed by atoms with Gasteiger partial charge in [0, 0.05) is 5.56 Å². The van der Waals surface area contributed by atoms with Crippen molar-refractivity contribution in [1.29, 1.82) is 0 Å². The monoisotopic (exact) mass is 671 g/mol. The van der Waals surface area contributed by atoms with Crippen LogP contribution in [0.25, 0.3) is 0 Å². The van der Waals surface area contributed by atoms with Crippen molar-refractivity contribution in [2.75, 3.05) is 0 Å². The van der Waals surface area contributed by atoms with Crippen LogP contribution in [0, 0.1) is 17.0 Å². The molecule has 0 unspecified atom stereocenters. The first-order valence-electron chi connectivity index (χ1n) is 12.2. The molecule has 0 aliphatic rings. The zero-order chi connectivity index (χ0) is 35.6. The number of nitro groups is 1. The van der Waals surface area contributed by atoms with E-state index in [4.69, 9.17) is 15.3 Å². The van der Waals surface area contributed by atoms with Gasteiger partial charge in [-0.15, -0.1) is 0 Å². The first kappa shape index (κ1) is 38.9. The lowest BCUT2D eigenvalue weighted by molar-refractivity contribution is -0.388. The van der Waals surface area contributed by atoms with Gasteiger partial charge in [-0.1, -0.05) is 42.0 Å². The van der Waals surface area contributed by atoms with Gasteiger partial charge < -0.3 is 15.3 Å². The van der Waals surface area contributed by atoms with Gasteiger partial charge in [0.1, 0.15) is 5.56 Å². The number of nitrogens with zero attached hydrogens (tertiary/aromatic N) is 1. The first-order chi connectivity index (χ1) is 20.9. The molecule has 0 heterocycles. The highest BCUT2D eigenvalue weighted by Gasteiger charge is 2.39. The molecule has 0 aromatic heterocycles. The van der Waals surface area contributed by atoms with E-state index in [-0.39, 0.29) is 11.1 Å². The molecule has 0 saturated heterocycles. The molecule has 9 nitrogen and oxygen atoms in total. The first-order valence-corrected chi connectivity index (χ1v) is 12.2. The van der Waals surface area contributed by atoms with Crippen LogP contribution in [0.1, 0.15) is 38.9 Å². The van der Waals surface area contributed by atoms with Crippen LogP contribution in [0.15, 0.2) is 60.7 Å². The van der Waals surface area contributed by atoms with E-state index in [1.165, 1.54) is 25.1 Å². The van der Waals surface area contributed by atoms with Crippen molar-refractivity contribution in [3.05, 3.63) is 110 Å². The Hall–Kier alpha value is -5.16. The Labute approximate surface area is 252 Å². The summed E-state index contributed by atoms with van der Waals surface area (Å²) in [6, 6.07) is 10.1. The molecular formula is C28H22F9NO8. The zero-order valence-electron chi connectivity index (χ0n) is 23.1. The van der Waals surface area contributed by atoms with Gasteiger partial charge in [0.25, 0.3) is 5.69 Å². The topological polar surface area (TPSA) is 155 Å². The van der Waals surface area contributed by atoms with Crippen LogP contribution in [0.2, 0.25) is 0 Å². The van der Waals surface area contributed by atoms with E-state index in [1.54, 1.807) is 0 Å². The molecule has 0 saturated carbocycles. The van der Waals surface area contributed by atoms with Gasteiger partial charge in [-0.25, -0.2) is 0 Å². The van der Waals surface area contributed by atoms with Crippen molar-refractivity contribution in [2.45, 2.75) is 44.7 Å². The van der Waals surface area contributed by atoms with E-state index in [1.807, 2.05) is 0 Å². The molecule has 0 fully saturated rings. The van der Waals surface area contributed by atoms with Gasteiger partial charge in [-0.05, 0) is 42.3 Å². The van der Waals surface area contributed by atoms with E-state index < -0.39 is 88.6 Å². The molecule has 0 radical (unpaired) electrons. The third-order valence-corrected chi connectivity index (χ3v) is 5.38. The van der Waals surface area contributed by atoms with Gasteiger partial charge in [0.2, 0.25) is 0 Å². The summed E-state index contributed by atoms with van der Waals surface area (Å²) in [5.41, 5.74) is -4.04. The molecule has 3 N–H and O–H groups in total. The second-order valence-electron chi connectivity index (χ2n) is 9.18. The average Bonchev–Trinajstić information content (AvgIpc) is 2.86. The standard InChI is InChI=1S/C10H9F3O2.C9H6F3NO4.C9H7F3O2/c1-6-2-7(5-9(14)15)4-8(3-6)10(11,12)13;10-9(11,12)6-3-1-2-5(4-7(14)15)8(6)13(16)17;10-9(11,12)7-3-1-2-6(4-7)5-8(13)14/h2-4H,5H2,1H3,(H,14,15);1-3H,4H2,(H,14,15);1-4H,5H2,(H,13,14). The summed E-state index contributed by atoms with van der Waals surface area (Å²) in [6.07, 6.45) is -15.4. The second kappa shape index (κ2) is 15.7. The van der Waals surface area contributed by atoms with Crippen LogP contribution >= 0.6 is 0 Å². The van der Waals surface area contributed by atoms with Crippen LogP contribution in [0.4, 0.5) is 45.2 Å². The van der Waals surface area contributed by atoms with Crippen LogP contribution in [0.3, 0.4) is 0 Å². The highest BCUT2D eigenvalue weighted by Crippen LogP contribution is 2.38. The fraction of sp³-hybridized carbons (Fsp3) is 0.250. The van der Waals surface area contributed by atoms with Gasteiger partial charge in [0.05, 0.1) is 35.3 Å². The lowest BCUT2D eigenvalue weighted by atomic mass is 10.0. The number of rotatable bonds is 7. The van der Waals surface area contributed by atoms with Crippen LogP contribution in [-0.2, 0) is 52.2 Å². The predicted octanol–water partition coefficient (Wildman–Crippen LogP) is 7.21. The molecule has 250 valence electrons. The molecule has 0 atom stereocenters. The predicted molar refractivity (Wildman–Crippen MR) is 140 cm³/mol. The highest BCUT2D eigenvalue weighted by atomic mass is 19.4. The van der Waals surface area contributed by atoms with E-state index >= 15 is 0 Å². The summed E-state index contributed by atoms with van der Waals surface area (Å²) in [4.78, 5) is 40.4. The van der Waals surface area contributed by atoms with Gasteiger partial charge in [-0.3, -0.25) is 24.5 Å². The number of carbonyl (C=O) groups is 3. The Kier molecular flexibility index (Phi) is 13.3. The van der Waals surface area contributed by atoms with E-state index in [0.717, 1.165) is 36.4 Å². The smallest absolute Gasteiger partial charge is 0.423 e. The van der Waals surface area contributed by atoms with Crippen molar-refractivity contribution >= 4 is 23.6 Å². The maximum Gasteiger partial charge on any atom is 0.423 e. The molecule has 3 aromatic rings. The number of para-hydroxylation sites is 1. The zero-order valence-corrected chi connectivity index (χ0v) is 23.1. The Morgan fingerprint density at radius 2 is 1.13 bits per heavy atom. The summed E-state index contributed by atoms with van der Waals surface area (Å²) >= 11 is 0. The van der Waals surface area contributed by atoms with Gasteiger partial charge in [-0.2, -0.15) is 39.5 Å². The number of hydrogen-bond acceptors (Lipinski definition) is 5. The SMILES string of the molecule is Cc1cc(CC(=O)O)cc(C(F)(F)F)c1.O=C(O)Cc1cccc(C(F)(F)F)c1.O=C(O)Cc1cccc(C(F)(F)F)c1[N+](=O)[O-]. The lowest BCUT2D eigenvalue weighted by Gasteiger charge is -2.09. The Balaban J connectivity index is 0.000000347. The largest absolute Gasteiger partial charge is 0.481 e. The quantitative estimate of drug-likeness (QED) is 0.135. The summed E-state index contributed by atoms with van der Waals surface area (Å²) in [5.74, 6) is -3.73. The van der Waals surface area contributed by atoms with Crippen molar-refractivity contribution in [1.82, 2.24) is 0 Å². The molecule has 0 spiro atoms. The number of hydrogen-bond donors (Lipinski definition) is 3. The van der Waals surface area contributed by atoms with Crippen LogP contribution in [-0.4, -0.2) is 38.2 Å². The minimum absolute atomic E-state index is 0.146. The Bertz CT molecular complexity index is 1570. The van der Waals surface area contributed by atoms with Gasteiger partial charge >= 0.3 is 36.4 Å². The molecule has 0 amide bonds. The normalized spacial score (nSPS) is 11.3. The molecule has 3 rings (SSSR count). The Morgan fingerprint density at radius 1 is 0.652 bits per heavy atom. The minimum atomic E-state index is -4.89. The average molecular weight is 671 g/mol. The summed E-state index contributed by atoms with van der Waals surface area (Å²) < 4.78 is 111. The summed E-state index contributed by atoms with van der Waals surface area (Å²) in [7, 11) is 0. The van der Waals surface area contributed by atoms with Crippen molar-refractivity contribution in [2.24, 2.45) is 0 Å². The maximum atomic E-state index is 12.5.